The number of nitrogens with two attached hydrogens (primary N) is 1. The van der Waals surface area contributed by atoms with Crippen LogP contribution < -0.4 is 5.73 Å². The van der Waals surface area contributed by atoms with Crippen molar-refractivity contribution in [3.8, 4) is 0 Å². The first-order chi connectivity index (χ1) is 5.88. The summed E-state index contributed by atoms with van der Waals surface area (Å²) in [5.41, 5.74) is 5.89. The highest BCUT2D eigenvalue weighted by Crippen LogP contribution is 2.76. The zero-order chi connectivity index (χ0) is 7.92. The van der Waals surface area contributed by atoms with E-state index in [0.717, 1.165) is 31.6 Å². The molecule has 3 saturated heterocycles. The van der Waals surface area contributed by atoms with E-state index in [0.29, 0.717) is 17.9 Å². The molecule has 5 rings (SSSR count). The molecule has 2 aliphatic carbocycles. The smallest absolute Gasteiger partial charge is 0.0880 e. The van der Waals surface area contributed by atoms with Crippen LogP contribution in [0.2, 0.25) is 0 Å². The number of hydrogen-bond acceptors (Lipinski definition) is 3. The average molecular weight is 167 g/mol. The number of ether oxygens (including phenoxy) is 2. The third-order valence-electron chi connectivity index (χ3n) is 4.47. The van der Waals surface area contributed by atoms with Gasteiger partial charge in [0.1, 0.15) is 0 Å². The van der Waals surface area contributed by atoms with Crippen molar-refractivity contribution in [1.82, 2.24) is 0 Å². The summed E-state index contributed by atoms with van der Waals surface area (Å²) in [6.07, 6.45) is 0.511. The van der Waals surface area contributed by atoms with Gasteiger partial charge in [-0.25, -0.2) is 0 Å². The Hall–Kier alpha value is -0.120. The van der Waals surface area contributed by atoms with Gasteiger partial charge in [0, 0.05) is 30.2 Å². The van der Waals surface area contributed by atoms with Crippen molar-refractivity contribution >= 4 is 0 Å². The maximum Gasteiger partial charge on any atom is 0.0880 e. The molecule has 5 aliphatic rings. The Morgan fingerprint density at radius 3 is 2.33 bits per heavy atom. The highest BCUT2D eigenvalue weighted by atomic mass is 16.6. The van der Waals surface area contributed by atoms with Gasteiger partial charge < -0.3 is 15.2 Å². The van der Waals surface area contributed by atoms with E-state index in [1.54, 1.807) is 0 Å². The average Bonchev–Trinajstić information content (AvgIpc) is 2.35. The summed E-state index contributed by atoms with van der Waals surface area (Å²) in [6.45, 7) is 2.57. The summed E-state index contributed by atoms with van der Waals surface area (Å²) >= 11 is 0. The molecule has 0 aromatic heterocycles. The lowest BCUT2D eigenvalue weighted by Gasteiger charge is -2.24. The molecule has 0 aromatic carbocycles. The fourth-order valence-electron chi connectivity index (χ4n) is 4.10. The maximum absolute atomic E-state index is 6.01. The molecule has 12 heavy (non-hydrogen) atoms. The highest BCUT2D eigenvalue weighted by Gasteiger charge is 2.84. The Labute approximate surface area is 71.2 Å². The summed E-state index contributed by atoms with van der Waals surface area (Å²) in [5.74, 6) is 2.91. The first-order valence-electron chi connectivity index (χ1n) is 4.84. The van der Waals surface area contributed by atoms with E-state index in [-0.39, 0.29) is 5.60 Å². The first-order valence-corrected chi connectivity index (χ1v) is 4.84. The third kappa shape index (κ3) is 0.405. The second-order valence-electron chi connectivity index (χ2n) is 4.66. The van der Waals surface area contributed by atoms with Crippen molar-refractivity contribution in [2.45, 2.75) is 11.7 Å². The molecule has 4 unspecified atom stereocenters. The minimum Gasteiger partial charge on any atom is -0.381 e. The molecule has 2 N–H and O–H groups in total. The van der Waals surface area contributed by atoms with Crippen molar-refractivity contribution in [2.24, 2.45) is 29.4 Å². The Morgan fingerprint density at radius 2 is 1.92 bits per heavy atom. The Bertz CT molecular complexity index is 237. The zero-order valence-corrected chi connectivity index (χ0v) is 6.90. The van der Waals surface area contributed by atoms with Crippen LogP contribution in [0, 0.1) is 23.7 Å². The molecular formula is C9H13NO2. The van der Waals surface area contributed by atoms with Crippen LogP contribution in [0.5, 0.6) is 0 Å². The van der Waals surface area contributed by atoms with Crippen LogP contribution in [-0.2, 0) is 9.47 Å². The Balaban J connectivity index is 1.82. The number of rotatable bonds is 1. The molecule has 3 nitrogen and oxygen atoms in total. The second-order valence-corrected chi connectivity index (χ2v) is 4.66. The molecule has 0 spiro atoms. The van der Waals surface area contributed by atoms with Crippen LogP contribution in [-0.4, -0.2) is 31.5 Å². The SMILES string of the molecule is NCC12OC3C4COCC3C1C42. The highest BCUT2D eigenvalue weighted by molar-refractivity contribution is 5.31. The molecule has 3 heteroatoms. The van der Waals surface area contributed by atoms with Crippen molar-refractivity contribution in [2.75, 3.05) is 19.8 Å². The van der Waals surface area contributed by atoms with Gasteiger partial charge in [0.05, 0.1) is 24.9 Å². The fraction of sp³-hybridized carbons (Fsp3) is 1.00. The van der Waals surface area contributed by atoms with Gasteiger partial charge in [0.25, 0.3) is 0 Å². The van der Waals surface area contributed by atoms with Gasteiger partial charge in [-0.05, 0) is 0 Å². The molecule has 0 aromatic rings. The van der Waals surface area contributed by atoms with Crippen molar-refractivity contribution < 1.29 is 9.47 Å². The monoisotopic (exact) mass is 167 g/mol. The molecule has 66 valence electrons. The van der Waals surface area contributed by atoms with Crippen molar-refractivity contribution in [3.05, 3.63) is 0 Å². The van der Waals surface area contributed by atoms with E-state index >= 15 is 0 Å². The largest absolute Gasteiger partial charge is 0.381 e. The van der Waals surface area contributed by atoms with E-state index in [2.05, 4.69) is 0 Å². The van der Waals surface area contributed by atoms with Crippen molar-refractivity contribution in [1.29, 1.82) is 0 Å². The molecule has 2 saturated carbocycles. The molecule has 4 atom stereocenters. The van der Waals surface area contributed by atoms with Gasteiger partial charge >= 0.3 is 0 Å². The second kappa shape index (κ2) is 1.59. The summed E-state index contributed by atoms with van der Waals surface area (Å²) in [6, 6.07) is 0. The van der Waals surface area contributed by atoms with E-state index < -0.39 is 0 Å². The lowest BCUT2D eigenvalue weighted by atomic mass is 9.92. The standard InChI is InChI=1S/C9H13NO2/c10-3-9-6-4-1-11-2-5(7(6)9)8(4)12-9/h4-8H,1-3,10H2. The van der Waals surface area contributed by atoms with Gasteiger partial charge in [-0.2, -0.15) is 0 Å². The molecule has 3 heterocycles. The summed E-state index contributed by atoms with van der Waals surface area (Å²) in [7, 11) is 0. The fourth-order valence-corrected chi connectivity index (χ4v) is 4.10. The molecule has 0 amide bonds. The molecule has 0 radical (unpaired) electrons. The van der Waals surface area contributed by atoms with E-state index in [1.165, 1.54) is 0 Å². The molecular weight excluding hydrogens is 154 g/mol. The molecule has 6 bridgehead atoms. The van der Waals surface area contributed by atoms with Gasteiger partial charge in [-0.15, -0.1) is 0 Å². The van der Waals surface area contributed by atoms with Gasteiger partial charge in [-0.1, -0.05) is 0 Å². The van der Waals surface area contributed by atoms with Crippen LogP contribution in [0.25, 0.3) is 0 Å². The van der Waals surface area contributed by atoms with Gasteiger partial charge in [0.2, 0.25) is 0 Å². The van der Waals surface area contributed by atoms with Crippen molar-refractivity contribution in [3.63, 3.8) is 0 Å². The van der Waals surface area contributed by atoms with E-state index in [4.69, 9.17) is 15.2 Å². The molecule has 3 aliphatic heterocycles. The number of hydrogen-bond donors (Lipinski definition) is 1. The topological polar surface area (TPSA) is 44.5 Å². The van der Waals surface area contributed by atoms with Crippen LogP contribution in [0.4, 0.5) is 0 Å². The minimum atomic E-state index is 0.129. The lowest BCUT2D eigenvalue weighted by molar-refractivity contribution is -0.0403. The predicted octanol–water partition coefficient (Wildman–Crippen LogP) is -0.395. The van der Waals surface area contributed by atoms with Gasteiger partial charge in [0.15, 0.2) is 0 Å². The lowest BCUT2D eigenvalue weighted by Crippen LogP contribution is -2.32. The summed E-state index contributed by atoms with van der Waals surface area (Å²) in [5, 5.41) is 0. The maximum atomic E-state index is 6.01. The van der Waals surface area contributed by atoms with Crippen LogP contribution in [0.3, 0.4) is 0 Å². The normalized spacial score (nSPS) is 70.2. The predicted molar refractivity (Wildman–Crippen MR) is 41.4 cm³/mol. The molecule has 5 fully saturated rings. The summed E-state index contributed by atoms with van der Waals surface area (Å²) < 4.78 is 11.5. The van der Waals surface area contributed by atoms with Crippen LogP contribution in [0.1, 0.15) is 0 Å². The Kier molecular flexibility index (Phi) is 0.839. The van der Waals surface area contributed by atoms with Crippen LogP contribution >= 0.6 is 0 Å². The minimum absolute atomic E-state index is 0.129. The Morgan fingerprint density at radius 1 is 1.25 bits per heavy atom. The quantitative estimate of drug-likeness (QED) is 0.578. The van der Waals surface area contributed by atoms with Crippen LogP contribution in [0.15, 0.2) is 0 Å². The van der Waals surface area contributed by atoms with E-state index in [9.17, 15) is 0 Å². The third-order valence-corrected chi connectivity index (χ3v) is 4.47. The zero-order valence-electron chi connectivity index (χ0n) is 6.90. The van der Waals surface area contributed by atoms with Gasteiger partial charge in [-0.3, -0.25) is 0 Å². The first kappa shape index (κ1) is 6.35. The summed E-state index contributed by atoms with van der Waals surface area (Å²) in [4.78, 5) is 0. The van der Waals surface area contributed by atoms with E-state index in [1.807, 2.05) is 0 Å².